The van der Waals surface area contributed by atoms with Gasteiger partial charge in [0.2, 0.25) is 0 Å². The first-order valence-corrected chi connectivity index (χ1v) is 3.02. The minimum Gasteiger partial charge on any atom is -0.312 e. The van der Waals surface area contributed by atoms with Gasteiger partial charge < -0.3 is 5.43 Å². The number of hydrazone groups is 1. The fourth-order valence-corrected chi connectivity index (χ4v) is 0.656. The largest absolute Gasteiger partial charge is 0.312 e. The first-order valence-electron chi connectivity index (χ1n) is 3.02. The van der Waals surface area contributed by atoms with E-state index in [0.717, 1.165) is 0 Å². The van der Waals surface area contributed by atoms with Crippen LogP contribution in [-0.2, 0) is 9.59 Å². The van der Waals surface area contributed by atoms with E-state index in [1.807, 2.05) is 0 Å². The van der Waals surface area contributed by atoms with Gasteiger partial charge in [0.15, 0.2) is 0 Å². The second-order valence-corrected chi connectivity index (χ2v) is 1.87. The SMILES string of the molecule is CN/N=C1/C=CC(=O)NC1=O. The highest BCUT2D eigenvalue weighted by molar-refractivity contribution is 6.47. The lowest BCUT2D eigenvalue weighted by Gasteiger charge is -2.05. The van der Waals surface area contributed by atoms with Crippen LogP contribution in [0.5, 0.6) is 0 Å². The molecular formula is C6H7N3O2. The molecule has 0 spiro atoms. The quantitative estimate of drug-likeness (QED) is 0.366. The van der Waals surface area contributed by atoms with Crippen LogP contribution in [0.25, 0.3) is 0 Å². The summed E-state index contributed by atoms with van der Waals surface area (Å²) in [6.07, 6.45) is 2.61. The Labute approximate surface area is 63.2 Å². The molecule has 0 aromatic heterocycles. The van der Waals surface area contributed by atoms with Crippen molar-refractivity contribution in [3.8, 4) is 0 Å². The van der Waals surface area contributed by atoms with Crippen LogP contribution < -0.4 is 10.7 Å². The van der Waals surface area contributed by atoms with Crippen LogP contribution in [0, 0.1) is 0 Å². The summed E-state index contributed by atoms with van der Waals surface area (Å²) in [7, 11) is 1.57. The van der Waals surface area contributed by atoms with E-state index in [4.69, 9.17) is 0 Å². The monoisotopic (exact) mass is 153 g/mol. The predicted molar refractivity (Wildman–Crippen MR) is 38.8 cm³/mol. The third kappa shape index (κ3) is 1.64. The number of carbonyl (C=O) groups excluding carboxylic acids is 2. The van der Waals surface area contributed by atoms with Gasteiger partial charge in [0, 0.05) is 13.1 Å². The zero-order valence-corrected chi connectivity index (χ0v) is 5.92. The van der Waals surface area contributed by atoms with E-state index in [0.29, 0.717) is 0 Å². The van der Waals surface area contributed by atoms with Crippen LogP contribution in [0.4, 0.5) is 0 Å². The lowest BCUT2D eigenvalue weighted by atomic mass is 10.2. The highest BCUT2D eigenvalue weighted by atomic mass is 16.2. The van der Waals surface area contributed by atoms with Gasteiger partial charge in [0.1, 0.15) is 5.71 Å². The summed E-state index contributed by atoms with van der Waals surface area (Å²) in [5.74, 6) is -0.892. The van der Waals surface area contributed by atoms with Gasteiger partial charge in [-0.05, 0) is 6.08 Å². The zero-order valence-electron chi connectivity index (χ0n) is 5.92. The van der Waals surface area contributed by atoms with Crippen molar-refractivity contribution in [2.24, 2.45) is 5.10 Å². The smallest absolute Gasteiger partial charge is 0.278 e. The second kappa shape index (κ2) is 2.96. The molecule has 0 radical (unpaired) electrons. The fraction of sp³-hybridized carbons (Fsp3) is 0.167. The van der Waals surface area contributed by atoms with Gasteiger partial charge in [-0.3, -0.25) is 14.9 Å². The lowest BCUT2D eigenvalue weighted by Crippen LogP contribution is -2.38. The number of hydrogen-bond acceptors (Lipinski definition) is 4. The number of nitrogens with one attached hydrogen (secondary N) is 2. The molecule has 1 rings (SSSR count). The van der Waals surface area contributed by atoms with Gasteiger partial charge in [-0.15, -0.1) is 0 Å². The van der Waals surface area contributed by atoms with E-state index in [1.54, 1.807) is 7.05 Å². The molecule has 1 heterocycles. The molecule has 0 saturated heterocycles. The molecule has 0 aromatic carbocycles. The van der Waals surface area contributed by atoms with E-state index < -0.39 is 11.8 Å². The maximum Gasteiger partial charge on any atom is 0.278 e. The van der Waals surface area contributed by atoms with Crippen LogP contribution in [0.2, 0.25) is 0 Å². The van der Waals surface area contributed by atoms with Gasteiger partial charge in [0.05, 0.1) is 0 Å². The van der Waals surface area contributed by atoms with Gasteiger partial charge in [-0.2, -0.15) is 5.10 Å². The summed E-state index contributed by atoms with van der Waals surface area (Å²) in [4.78, 5) is 21.4. The average Bonchev–Trinajstić information content (AvgIpc) is 1.95. The summed E-state index contributed by atoms with van der Waals surface area (Å²) in [5.41, 5.74) is 2.65. The normalized spacial score (nSPS) is 20.3. The first-order chi connectivity index (χ1) is 5.24. The Morgan fingerprint density at radius 2 is 2.18 bits per heavy atom. The van der Waals surface area contributed by atoms with Gasteiger partial charge in [0.25, 0.3) is 11.8 Å². The molecule has 5 heteroatoms. The van der Waals surface area contributed by atoms with Crippen LogP contribution >= 0.6 is 0 Å². The van der Waals surface area contributed by atoms with Crippen molar-refractivity contribution in [3.63, 3.8) is 0 Å². The maximum atomic E-state index is 10.8. The number of nitrogens with zero attached hydrogens (tertiary/aromatic N) is 1. The molecule has 2 amide bonds. The summed E-state index contributed by atoms with van der Waals surface area (Å²) in [5, 5.41) is 5.69. The fourth-order valence-electron chi connectivity index (χ4n) is 0.656. The minimum absolute atomic E-state index is 0.201. The van der Waals surface area contributed by atoms with Crippen LogP contribution in [0.15, 0.2) is 17.3 Å². The highest BCUT2D eigenvalue weighted by Gasteiger charge is 2.15. The Hall–Kier alpha value is -1.65. The third-order valence-corrected chi connectivity index (χ3v) is 1.09. The van der Waals surface area contributed by atoms with Crippen molar-refractivity contribution in [1.82, 2.24) is 10.7 Å². The zero-order chi connectivity index (χ0) is 8.27. The minimum atomic E-state index is -0.480. The molecule has 0 atom stereocenters. The predicted octanol–water partition coefficient (Wildman–Crippen LogP) is -1.23. The van der Waals surface area contributed by atoms with Gasteiger partial charge >= 0.3 is 0 Å². The van der Waals surface area contributed by atoms with Crippen molar-refractivity contribution in [1.29, 1.82) is 0 Å². The Morgan fingerprint density at radius 3 is 2.73 bits per heavy atom. The molecule has 1 aliphatic rings. The van der Waals surface area contributed by atoms with E-state index in [1.165, 1.54) is 12.2 Å². The molecule has 5 nitrogen and oxygen atoms in total. The van der Waals surface area contributed by atoms with Crippen molar-refractivity contribution in [2.75, 3.05) is 7.05 Å². The molecule has 0 saturated carbocycles. The molecule has 0 aliphatic carbocycles. The molecule has 2 N–H and O–H groups in total. The maximum absolute atomic E-state index is 10.8. The molecule has 0 unspecified atom stereocenters. The van der Waals surface area contributed by atoms with E-state index in [9.17, 15) is 9.59 Å². The molecule has 1 aliphatic heterocycles. The standard InChI is InChI=1S/C6H7N3O2/c1-7-9-4-2-3-5(10)8-6(4)11/h2-3,7H,1H3,(H,8,10,11)/b9-4-. The Balaban J connectivity index is 2.85. The summed E-state index contributed by atoms with van der Waals surface area (Å²) >= 11 is 0. The van der Waals surface area contributed by atoms with Crippen molar-refractivity contribution < 1.29 is 9.59 Å². The highest BCUT2D eigenvalue weighted by Crippen LogP contribution is 1.89. The van der Waals surface area contributed by atoms with Gasteiger partial charge in [-0.25, -0.2) is 0 Å². The van der Waals surface area contributed by atoms with E-state index in [2.05, 4.69) is 15.8 Å². The summed E-state index contributed by atoms with van der Waals surface area (Å²) in [6.45, 7) is 0. The number of rotatable bonds is 1. The molecule has 0 bridgehead atoms. The van der Waals surface area contributed by atoms with Crippen molar-refractivity contribution in [3.05, 3.63) is 12.2 Å². The van der Waals surface area contributed by atoms with Gasteiger partial charge in [-0.1, -0.05) is 0 Å². The van der Waals surface area contributed by atoms with Crippen LogP contribution in [0.1, 0.15) is 0 Å². The number of amides is 2. The van der Waals surface area contributed by atoms with Crippen LogP contribution in [0.3, 0.4) is 0 Å². The molecule has 58 valence electrons. The molecule has 0 fully saturated rings. The lowest BCUT2D eigenvalue weighted by molar-refractivity contribution is -0.124. The Morgan fingerprint density at radius 1 is 1.45 bits per heavy atom. The molecule has 11 heavy (non-hydrogen) atoms. The Kier molecular flexibility index (Phi) is 2.00. The summed E-state index contributed by atoms with van der Waals surface area (Å²) in [6, 6.07) is 0. The van der Waals surface area contributed by atoms with Crippen molar-refractivity contribution >= 4 is 17.5 Å². The molecular weight excluding hydrogens is 146 g/mol. The van der Waals surface area contributed by atoms with E-state index >= 15 is 0 Å². The Bertz CT molecular complexity index is 255. The third-order valence-electron chi connectivity index (χ3n) is 1.09. The average molecular weight is 153 g/mol. The number of imide groups is 1. The second-order valence-electron chi connectivity index (χ2n) is 1.87. The molecule has 0 aromatic rings. The van der Waals surface area contributed by atoms with Crippen molar-refractivity contribution in [2.45, 2.75) is 0 Å². The van der Waals surface area contributed by atoms with Crippen LogP contribution in [-0.4, -0.2) is 24.6 Å². The topological polar surface area (TPSA) is 70.6 Å². The van der Waals surface area contributed by atoms with E-state index in [-0.39, 0.29) is 5.71 Å². The first kappa shape index (κ1) is 7.46. The number of carbonyl (C=O) groups is 2. The number of hydrogen-bond donors (Lipinski definition) is 2. The summed E-state index contributed by atoms with van der Waals surface area (Å²) < 4.78 is 0.